The zero-order valence-corrected chi connectivity index (χ0v) is 11.4. The summed E-state index contributed by atoms with van der Waals surface area (Å²) in [5.74, 6) is -1.25. The number of aliphatic carboxylic acids is 1. The normalized spacial score (nSPS) is 11.7. The van der Waals surface area contributed by atoms with E-state index in [9.17, 15) is 9.59 Å². The van der Waals surface area contributed by atoms with Crippen LogP contribution in [0.4, 0.5) is 4.79 Å². The SMILES string of the molecule is CCCCOC(NC(=O)OCc1ccccc1)C(=O)O. The first-order valence-electron chi connectivity index (χ1n) is 6.45. The molecular formula is C14H19NO5. The zero-order valence-electron chi connectivity index (χ0n) is 11.4. The van der Waals surface area contributed by atoms with E-state index in [1.165, 1.54) is 0 Å². The van der Waals surface area contributed by atoms with Crippen LogP contribution in [0.3, 0.4) is 0 Å². The molecule has 0 aliphatic rings. The van der Waals surface area contributed by atoms with Crippen molar-refractivity contribution in [1.82, 2.24) is 5.32 Å². The third kappa shape index (κ3) is 6.19. The number of unbranched alkanes of at least 4 members (excludes halogenated alkanes) is 1. The molecule has 6 nitrogen and oxygen atoms in total. The molecule has 0 radical (unpaired) electrons. The van der Waals surface area contributed by atoms with Gasteiger partial charge in [-0.3, -0.25) is 5.32 Å². The van der Waals surface area contributed by atoms with Crippen LogP contribution < -0.4 is 5.32 Å². The molecule has 2 N–H and O–H groups in total. The van der Waals surface area contributed by atoms with Crippen molar-refractivity contribution in [3.63, 3.8) is 0 Å². The smallest absolute Gasteiger partial charge is 0.409 e. The lowest BCUT2D eigenvalue weighted by Gasteiger charge is -2.15. The number of carbonyl (C=O) groups excluding carboxylic acids is 1. The molecule has 1 rings (SSSR count). The number of amides is 1. The Bertz CT molecular complexity index is 421. The van der Waals surface area contributed by atoms with Gasteiger partial charge in [-0.2, -0.15) is 0 Å². The fourth-order valence-electron chi connectivity index (χ4n) is 1.39. The summed E-state index contributed by atoms with van der Waals surface area (Å²) < 4.78 is 9.98. The van der Waals surface area contributed by atoms with Crippen molar-refractivity contribution in [2.45, 2.75) is 32.6 Å². The molecule has 1 amide bonds. The van der Waals surface area contributed by atoms with Crippen molar-refractivity contribution in [3.8, 4) is 0 Å². The first-order valence-corrected chi connectivity index (χ1v) is 6.45. The molecular weight excluding hydrogens is 262 g/mol. The second-order valence-corrected chi connectivity index (χ2v) is 4.15. The van der Waals surface area contributed by atoms with Gasteiger partial charge in [0.15, 0.2) is 0 Å². The lowest BCUT2D eigenvalue weighted by molar-refractivity contribution is -0.152. The quantitative estimate of drug-likeness (QED) is 0.563. The fourth-order valence-corrected chi connectivity index (χ4v) is 1.39. The van der Waals surface area contributed by atoms with Crippen LogP contribution in [0.2, 0.25) is 0 Å². The predicted molar refractivity (Wildman–Crippen MR) is 72.0 cm³/mol. The first-order chi connectivity index (χ1) is 9.63. The Labute approximate surface area is 117 Å². The number of hydrogen-bond acceptors (Lipinski definition) is 4. The number of nitrogens with one attached hydrogen (secondary N) is 1. The molecule has 0 saturated carbocycles. The Balaban J connectivity index is 2.36. The van der Waals surface area contributed by atoms with E-state index < -0.39 is 18.3 Å². The molecule has 20 heavy (non-hydrogen) atoms. The molecule has 1 aromatic carbocycles. The average molecular weight is 281 g/mol. The standard InChI is InChI=1S/C14H19NO5/c1-2-3-9-19-12(13(16)17)15-14(18)20-10-11-7-5-4-6-8-11/h4-8,12H,2-3,9-10H2,1H3,(H,15,18)(H,16,17). The first kappa shape index (κ1) is 16.0. The van der Waals surface area contributed by atoms with Crippen LogP contribution in [0.5, 0.6) is 0 Å². The van der Waals surface area contributed by atoms with Gasteiger partial charge in [0.05, 0.1) is 0 Å². The van der Waals surface area contributed by atoms with Crippen LogP contribution in [-0.4, -0.2) is 30.0 Å². The van der Waals surface area contributed by atoms with Gasteiger partial charge in [-0.15, -0.1) is 0 Å². The largest absolute Gasteiger partial charge is 0.478 e. The van der Waals surface area contributed by atoms with Crippen molar-refractivity contribution in [3.05, 3.63) is 35.9 Å². The highest BCUT2D eigenvalue weighted by atomic mass is 16.6. The maximum Gasteiger partial charge on any atom is 0.409 e. The highest BCUT2D eigenvalue weighted by Crippen LogP contribution is 2.01. The molecule has 110 valence electrons. The van der Waals surface area contributed by atoms with E-state index in [1.54, 1.807) is 12.1 Å². The molecule has 0 spiro atoms. The number of benzene rings is 1. The minimum absolute atomic E-state index is 0.0774. The van der Waals surface area contributed by atoms with Crippen molar-refractivity contribution < 1.29 is 24.2 Å². The second kappa shape index (κ2) is 8.92. The fraction of sp³-hybridized carbons (Fsp3) is 0.429. The monoisotopic (exact) mass is 281 g/mol. The molecule has 0 heterocycles. The van der Waals surface area contributed by atoms with E-state index in [2.05, 4.69) is 5.32 Å². The highest BCUT2D eigenvalue weighted by molar-refractivity contribution is 5.78. The van der Waals surface area contributed by atoms with Crippen LogP contribution in [0, 0.1) is 0 Å². The third-order valence-corrected chi connectivity index (χ3v) is 2.47. The van der Waals surface area contributed by atoms with Crippen LogP contribution in [0.25, 0.3) is 0 Å². The molecule has 6 heteroatoms. The lowest BCUT2D eigenvalue weighted by atomic mass is 10.2. The van der Waals surface area contributed by atoms with E-state index in [0.717, 1.165) is 18.4 Å². The maximum absolute atomic E-state index is 11.5. The van der Waals surface area contributed by atoms with E-state index in [0.29, 0.717) is 0 Å². The Hall–Kier alpha value is -2.08. The predicted octanol–water partition coefficient (Wildman–Crippen LogP) is 2.14. The molecule has 0 saturated heterocycles. The Kier molecular flexibility index (Phi) is 7.13. The minimum Gasteiger partial charge on any atom is -0.478 e. The number of carboxylic acids is 1. The second-order valence-electron chi connectivity index (χ2n) is 4.15. The summed E-state index contributed by atoms with van der Waals surface area (Å²) in [7, 11) is 0. The van der Waals surface area contributed by atoms with E-state index in [4.69, 9.17) is 14.6 Å². The van der Waals surface area contributed by atoms with E-state index in [-0.39, 0.29) is 13.2 Å². The number of rotatable bonds is 8. The topological polar surface area (TPSA) is 84.9 Å². The maximum atomic E-state index is 11.5. The minimum atomic E-state index is -1.38. The van der Waals surface area contributed by atoms with Crippen LogP contribution in [-0.2, 0) is 20.9 Å². The van der Waals surface area contributed by atoms with Crippen molar-refractivity contribution >= 4 is 12.1 Å². The van der Waals surface area contributed by atoms with Gasteiger partial charge in [-0.05, 0) is 12.0 Å². The molecule has 0 fully saturated rings. The number of carboxylic acid groups (broad SMARTS) is 1. The number of ether oxygens (including phenoxy) is 2. The summed E-state index contributed by atoms with van der Waals surface area (Å²) in [4.78, 5) is 22.4. The number of alkyl carbamates (subject to hydrolysis) is 1. The van der Waals surface area contributed by atoms with Gasteiger partial charge in [-0.25, -0.2) is 9.59 Å². The number of carbonyl (C=O) groups is 2. The number of hydrogen-bond donors (Lipinski definition) is 2. The van der Waals surface area contributed by atoms with Crippen LogP contribution >= 0.6 is 0 Å². The molecule has 1 aromatic rings. The highest BCUT2D eigenvalue weighted by Gasteiger charge is 2.20. The summed E-state index contributed by atoms with van der Waals surface area (Å²) in [5.41, 5.74) is 0.821. The van der Waals surface area contributed by atoms with Crippen molar-refractivity contribution in [1.29, 1.82) is 0 Å². The summed E-state index contributed by atoms with van der Waals surface area (Å²) in [6.07, 6.45) is -0.599. The van der Waals surface area contributed by atoms with Crippen LogP contribution in [0.1, 0.15) is 25.3 Å². The van der Waals surface area contributed by atoms with Crippen molar-refractivity contribution in [2.24, 2.45) is 0 Å². The molecule has 0 aliphatic carbocycles. The molecule has 1 unspecified atom stereocenters. The summed E-state index contributed by atoms with van der Waals surface area (Å²) >= 11 is 0. The van der Waals surface area contributed by atoms with Gasteiger partial charge in [-0.1, -0.05) is 43.7 Å². The molecule has 0 aliphatic heterocycles. The summed E-state index contributed by atoms with van der Waals surface area (Å²) in [6, 6.07) is 9.11. The summed E-state index contributed by atoms with van der Waals surface area (Å²) in [6.45, 7) is 2.31. The van der Waals surface area contributed by atoms with Gasteiger partial charge >= 0.3 is 12.1 Å². The van der Waals surface area contributed by atoms with Gasteiger partial charge in [0, 0.05) is 6.61 Å². The van der Waals surface area contributed by atoms with Gasteiger partial charge in [0.2, 0.25) is 6.23 Å². The lowest BCUT2D eigenvalue weighted by Crippen LogP contribution is -2.43. The van der Waals surface area contributed by atoms with Crippen molar-refractivity contribution in [2.75, 3.05) is 6.61 Å². The van der Waals surface area contributed by atoms with Gasteiger partial charge in [0.1, 0.15) is 6.61 Å². The molecule has 1 atom stereocenters. The summed E-state index contributed by atoms with van der Waals surface area (Å²) in [5, 5.41) is 11.1. The Morgan fingerprint density at radius 2 is 2.00 bits per heavy atom. The zero-order chi connectivity index (χ0) is 14.8. The molecule has 0 bridgehead atoms. The van der Waals surface area contributed by atoms with E-state index in [1.807, 2.05) is 25.1 Å². The third-order valence-electron chi connectivity index (χ3n) is 2.47. The molecule has 0 aromatic heterocycles. The Morgan fingerprint density at radius 3 is 2.60 bits per heavy atom. The van der Waals surface area contributed by atoms with Crippen LogP contribution in [0.15, 0.2) is 30.3 Å². The van der Waals surface area contributed by atoms with E-state index >= 15 is 0 Å². The Morgan fingerprint density at radius 1 is 1.30 bits per heavy atom. The van der Waals surface area contributed by atoms with Gasteiger partial charge < -0.3 is 14.6 Å². The average Bonchev–Trinajstić information content (AvgIpc) is 2.45. The van der Waals surface area contributed by atoms with Gasteiger partial charge in [0.25, 0.3) is 0 Å².